The summed E-state index contributed by atoms with van der Waals surface area (Å²) in [5, 5.41) is 17.6. The third-order valence-corrected chi connectivity index (χ3v) is 5.29. The summed E-state index contributed by atoms with van der Waals surface area (Å²) >= 11 is 0. The van der Waals surface area contributed by atoms with Gasteiger partial charge in [-0.25, -0.2) is 0 Å². The van der Waals surface area contributed by atoms with Gasteiger partial charge in [0.15, 0.2) is 0 Å². The Balaban J connectivity index is 1.79. The first-order valence-electron chi connectivity index (χ1n) is 11.2. The first-order valence-corrected chi connectivity index (χ1v) is 11.2. The molecule has 5 heteroatoms. The van der Waals surface area contributed by atoms with Gasteiger partial charge in [-0.15, -0.1) is 0 Å². The standard InChI is InChI=1S/C22H42O5/c1-19(17-24)18-26-22(25)15-11-7-4-6-10-14-21-20(27-21)13-9-5-2-3-8-12-16-23/h19-21,23-24H,2-18H2,1H3. The Morgan fingerprint density at radius 3 is 1.93 bits per heavy atom. The van der Waals surface area contributed by atoms with E-state index in [0.717, 1.165) is 25.7 Å². The van der Waals surface area contributed by atoms with E-state index in [0.29, 0.717) is 31.8 Å². The number of epoxide rings is 1. The van der Waals surface area contributed by atoms with Crippen molar-refractivity contribution in [3.8, 4) is 0 Å². The lowest BCUT2D eigenvalue weighted by Gasteiger charge is -2.08. The molecule has 0 bridgehead atoms. The van der Waals surface area contributed by atoms with Crippen molar-refractivity contribution in [2.45, 2.75) is 109 Å². The first kappa shape index (κ1) is 24.4. The lowest BCUT2D eigenvalue weighted by molar-refractivity contribution is -0.145. The average Bonchev–Trinajstić information content (AvgIpc) is 3.42. The van der Waals surface area contributed by atoms with Gasteiger partial charge in [-0.05, 0) is 25.7 Å². The summed E-state index contributed by atoms with van der Waals surface area (Å²) in [6, 6.07) is 0. The van der Waals surface area contributed by atoms with Crippen LogP contribution >= 0.6 is 0 Å². The fourth-order valence-corrected chi connectivity index (χ4v) is 3.36. The van der Waals surface area contributed by atoms with Crippen LogP contribution in [0.1, 0.15) is 96.8 Å². The Morgan fingerprint density at radius 1 is 0.852 bits per heavy atom. The normalized spacial score (nSPS) is 19.8. The van der Waals surface area contributed by atoms with Gasteiger partial charge < -0.3 is 19.7 Å². The van der Waals surface area contributed by atoms with E-state index >= 15 is 0 Å². The van der Waals surface area contributed by atoms with Gasteiger partial charge in [0.05, 0.1) is 18.8 Å². The maximum absolute atomic E-state index is 11.5. The highest BCUT2D eigenvalue weighted by Gasteiger charge is 2.36. The van der Waals surface area contributed by atoms with E-state index < -0.39 is 0 Å². The molecule has 0 radical (unpaired) electrons. The number of unbranched alkanes of at least 4 members (excludes halogenated alkanes) is 9. The van der Waals surface area contributed by atoms with Gasteiger partial charge in [0, 0.05) is 25.6 Å². The molecule has 1 aliphatic rings. The maximum Gasteiger partial charge on any atom is 0.305 e. The van der Waals surface area contributed by atoms with E-state index in [1.54, 1.807) is 0 Å². The number of esters is 1. The van der Waals surface area contributed by atoms with Crippen LogP contribution in [0.2, 0.25) is 0 Å². The SMILES string of the molecule is CC(CO)COC(=O)CCCCCCCC1OC1CCCCCCCCO. The number of ether oxygens (including phenoxy) is 2. The number of hydrogen-bond acceptors (Lipinski definition) is 5. The summed E-state index contributed by atoms with van der Waals surface area (Å²) in [7, 11) is 0. The summed E-state index contributed by atoms with van der Waals surface area (Å²) in [5.41, 5.74) is 0. The molecule has 0 aliphatic carbocycles. The molecule has 1 fully saturated rings. The number of carbonyl (C=O) groups excluding carboxylic acids is 1. The van der Waals surface area contributed by atoms with Crippen LogP contribution in [0.3, 0.4) is 0 Å². The van der Waals surface area contributed by atoms with Crippen LogP contribution in [0, 0.1) is 5.92 Å². The first-order chi connectivity index (χ1) is 13.2. The highest BCUT2D eigenvalue weighted by atomic mass is 16.6. The molecular weight excluding hydrogens is 344 g/mol. The van der Waals surface area contributed by atoms with Crippen LogP contribution in [0.15, 0.2) is 0 Å². The van der Waals surface area contributed by atoms with Crippen molar-refractivity contribution in [2.75, 3.05) is 19.8 Å². The van der Waals surface area contributed by atoms with Crippen LogP contribution in [-0.4, -0.2) is 48.2 Å². The minimum atomic E-state index is -0.141. The number of hydrogen-bond donors (Lipinski definition) is 2. The lowest BCUT2D eigenvalue weighted by Crippen LogP contribution is -2.14. The minimum Gasteiger partial charge on any atom is -0.465 e. The highest BCUT2D eigenvalue weighted by molar-refractivity contribution is 5.69. The Hall–Kier alpha value is -0.650. The Kier molecular flexibility index (Phi) is 14.7. The maximum atomic E-state index is 11.5. The molecule has 1 rings (SSSR count). The highest BCUT2D eigenvalue weighted by Crippen LogP contribution is 2.31. The summed E-state index contributed by atoms with van der Waals surface area (Å²) in [5.74, 6) is -0.114. The Labute approximate surface area is 165 Å². The molecule has 1 heterocycles. The van der Waals surface area contributed by atoms with Crippen molar-refractivity contribution in [3.63, 3.8) is 0 Å². The zero-order chi connectivity index (χ0) is 19.7. The van der Waals surface area contributed by atoms with Crippen LogP contribution in [-0.2, 0) is 14.3 Å². The van der Waals surface area contributed by atoms with E-state index in [1.807, 2.05) is 6.92 Å². The van der Waals surface area contributed by atoms with Gasteiger partial charge >= 0.3 is 5.97 Å². The topological polar surface area (TPSA) is 79.3 Å². The van der Waals surface area contributed by atoms with Crippen molar-refractivity contribution in [2.24, 2.45) is 5.92 Å². The third-order valence-electron chi connectivity index (χ3n) is 5.29. The molecular formula is C22H42O5. The molecule has 2 N–H and O–H groups in total. The van der Waals surface area contributed by atoms with E-state index in [-0.39, 0.29) is 18.5 Å². The van der Waals surface area contributed by atoms with E-state index in [4.69, 9.17) is 19.7 Å². The predicted molar refractivity (Wildman–Crippen MR) is 108 cm³/mol. The van der Waals surface area contributed by atoms with Crippen molar-refractivity contribution in [3.05, 3.63) is 0 Å². The Morgan fingerprint density at radius 2 is 1.37 bits per heavy atom. The van der Waals surface area contributed by atoms with Gasteiger partial charge in [0.25, 0.3) is 0 Å². The quantitative estimate of drug-likeness (QED) is 0.196. The molecule has 1 saturated heterocycles. The summed E-state index contributed by atoms with van der Waals surface area (Å²) in [6.07, 6.45) is 16.7. The second-order valence-electron chi connectivity index (χ2n) is 8.12. The van der Waals surface area contributed by atoms with E-state index in [2.05, 4.69) is 0 Å². The molecule has 3 unspecified atom stereocenters. The molecule has 0 aromatic carbocycles. The molecule has 0 aromatic rings. The van der Waals surface area contributed by atoms with E-state index in [1.165, 1.54) is 57.8 Å². The number of carbonyl (C=O) groups is 1. The van der Waals surface area contributed by atoms with Gasteiger partial charge in [-0.2, -0.15) is 0 Å². The second kappa shape index (κ2) is 16.3. The third kappa shape index (κ3) is 14.1. The van der Waals surface area contributed by atoms with Crippen molar-refractivity contribution in [1.82, 2.24) is 0 Å². The molecule has 1 aliphatic heterocycles. The largest absolute Gasteiger partial charge is 0.465 e. The van der Waals surface area contributed by atoms with Crippen LogP contribution in [0.25, 0.3) is 0 Å². The molecule has 27 heavy (non-hydrogen) atoms. The molecule has 0 saturated carbocycles. The van der Waals surface area contributed by atoms with Crippen molar-refractivity contribution in [1.29, 1.82) is 0 Å². The minimum absolute atomic E-state index is 0.0271. The van der Waals surface area contributed by atoms with Crippen molar-refractivity contribution < 1.29 is 24.5 Å². The second-order valence-corrected chi connectivity index (χ2v) is 8.12. The van der Waals surface area contributed by atoms with E-state index in [9.17, 15) is 4.79 Å². The molecule has 3 atom stereocenters. The van der Waals surface area contributed by atoms with Crippen molar-refractivity contribution >= 4 is 5.97 Å². The summed E-state index contributed by atoms with van der Waals surface area (Å²) in [6.45, 7) is 2.57. The Bertz CT molecular complexity index is 361. The van der Waals surface area contributed by atoms with Crippen LogP contribution in [0.5, 0.6) is 0 Å². The summed E-state index contributed by atoms with van der Waals surface area (Å²) < 4.78 is 10.9. The van der Waals surface area contributed by atoms with Gasteiger partial charge in [0.2, 0.25) is 0 Å². The lowest BCUT2D eigenvalue weighted by atomic mass is 10.0. The fraction of sp³-hybridized carbons (Fsp3) is 0.955. The fourth-order valence-electron chi connectivity index (χ4n) is 3.36. The monoisotopic (exact) mass is 386 g/mol. The molecule has 0 spiro atoms. The molecule has 5 nitrogen and oxygen atoms in total. The van der Waals surface area contributed by atoms with Crippen LogP contribution in [0.4, 0.5) is 0 Å². The van der Waals surface area contributed by atoms with Gasteiger partial charge in [-0.1, -0.05) is 64.7 Å². The zero-order valence-electron chi connectivity index (χ0n) is 17.4. The molecule has 0 amide bonds. The predicted octanol–water partition coefficient (Wildman–Crippen LogP) is 4.38. The van der Waals surface area contributed by atoms with Crippen LogP contribution < -0.4 is 0 Å². The number of aliphatic hydroxyl groups is 2. The van der Waals surface area contributed by atoms with Gasteiger partial charge in [0.1, 0.15) is 0 Å². The van der Waals surface area contributed by atoms with Gasteiger partial charge in [-0.3, -0.25) is 4.79 Å². The summed E-state index contributed by atoms with van der Waals surface area (Å²) in [4.78, 5) is 11.5. The number of rotatable bonds is 19. The zero-order valence-corrected chi connectivity index (χ0v) is 17.4. The number of aliphatic hydroxyl groups excluding tert-OH is 2. The molecule has 160 valence electrons. The average molecular weight is 387 g/mol. The molecule has 0 aromatic heterocycles. The smallest absolute Gasteiger partial charge is 0.305 e.